The van der Waals surface area contributed by atoms with Crippen LogP contribution in [0.3, 0.4) is 0 Å². The van der Waals surface area contributed by atoms with Crippen LogP contribution in [0.1, 0.15) is 41.9 Å². The third kappa shape index (κ3) is 5.44. The van der Waals surface area contributed by atoms with Crippen molar-refractivity contribution in [3.05, 3.63) is 84.4 Å². The standard InChI is InChI=1S/C27H26N4O3S/c32-17-25(33)21-9-7-19(8-10-21)20-11-13-23(14-12-20)34-18-26-29-30-27(35-24-5-1-2-6-24)31(26)22-4-3-15-28-16-22/h3-4,7-16,24,32H,1-2,5-6,17-18H2. The second-order valence-corrected chi connectivity index (χ2v) is 9.71. The molecular weight excluding hydrogens is 460 g/mol. The van der Waals surface area contributed by atoms with Gasteiger partial charge >= 0.3 is 0 Å². The molecule has 0 spiro atoms. The quantitative estimate of drug-likeness (QED) is 0.329. The second kappa shape index (κ2) is 10.8. The molecule has 0 unspecified atom stereocenters. The summed E-state index contributed by atoms with van der Waals surface area (Å²) >= 11 is 1.79. The zero-order valence-electron chi connectivity index (χ0n) is 19.2. The number of pyridine rings is 1. The van der Waals surface area contributed by atoms with Gasteiger partial charge in [-0.25, -0.2) is 0 Å². The normalized spacial score (nSPS) is 13.7. The third-order valence-corrected chi connectivity index (χ3v) is 7.36. The Bertz CT molecular complexity index is 1270. The van der Waals surface area contributed by atoms with E-state index in [4.69, 9.17) is 9.84 Å². The summed E-state index contributed by atoms with van der Waals surface area (Å²) in [6.45, 7) is -0.203. The molecule has 0 aliphatic heterocycles. The topological polar surface area (TPSA) is 90.1 Å². The number of carbonyl (C=O) groups excluding carboxylic acids is 1. The fourth-order valence-electron chi connectivity index (χ4n) is 4.20. The van der Waals surface area contributed by atoms with Crippen LogP contribution in [0.2, 0.25) is 0 Å². The van der Waals surface area contributed by atoms with Gasteiger partial charge in [-0.3, -0.25) is 14.3 Å². The molecule has 0 bridgehead atoms. The molecule has 1 fully saturated rings. The number of aliphatic hydroxyl groups excluding tert-OH is 1. The highest BCUT2D eigenvalue weighted by Crippen LogP contribution is 2.35. The molecule has 1 aliphatic rings. The number of carbonyl (C=O) groups is 1. The predicted octanol–water partition coefficient (Wildman–Crippen LogP) is 5.12. The average molecular weight is 487 g/mol. The van der Waals surface area contributed by atoms with Gasteiger partial charge in [-0.05, 0) is 48.2 Å². The molecule has 0 amide bonds. The number of hydrogen-bond acceptors (Lipinski definition) is 7. The Labute approximate surface area is 208 Å². The molecule has 178 valence electrons. The summed E-state index contributed by atoms with van der Waals surface area (Å²) in [6, 6.07) is 18.9. The number of Topliss-reactive ketones (excluding diaryl/α,β-unsaturated/α-hetero) is 1. The maximum Gasteiger partial charge on any atom is 0.196 e. The van der Waals surface area contributed by atoms with Gasteiger partial charge in [0.1, 0.15) is 19.0 Å². The molecule has 7 nitrogen and oxygen atoms in total. The van der Waals surface area contributed by atoms with Crippen LogP contribution in [0.4, 0.5) is 0 Å². The molecule has 4 aromatic rings. The van der Waals surface area contributed by atoms with Crippen LogP contribution in [0.25, 0.3) is 16.8 Å². The maximum atomic E-state index is 11.6. The van der Waals surface area contributed by atoms with Crippen LogP contribution in [0, 0.1) is 0 Å². The van der Waals surface area contributed by atoms with Gasteiger partial charge in [0.15, 0.2) is 16.8 Å². The number of aliphatic hydroxyl groups is 1. The van der Waals surface area contributed by atoms with E-state index in [1.54, 1.807) is 30.1 Å². The van der Waals surface area contributed by atoms with Crippen LogP contribution in [0.15, 0.2) is 78.2 Å². The van der Waals surface area contributed by atoms with E-state index in [1.807, 2.05) is 59.3 Å². The average Bonchev–Trinajstić information content (AvgIpc) is 3.58. The van der Waals surface area contributed by atoms with Crippen molar-refractivity contribution < 1.29 is 14.6 Å². The number of benzene rings is 2. The van der Waals surface area contributed by atoms with Crippen LogP contribution in [-0.2, 0) is 6.61 Å². The Hall–Kier alpha value is -3.49. The monoisotopic (exact) mass is 486 g/mol. The minimum Gasteiger partial charge on any atom is -0.486 e. The van der Waals surface area contributed by atoms with E-state index in [1.165, 1.54) is 25.7 Å². The number of rotatable bonds is 9. The molecule has 5 rings (SSSR count). The third-order valence-electron chi connectivity index (χ3n) is 6.08. The molecule has 8 heteroatoms. The first-order chi connectivity index (χ1) is 17.2. The number of aromatic nitrogens is 4. The van der Waals surface area contributed by atoms with Crippen molar-refractivity contribution in [1.29, 1.82) is 0 Å². The van der Waals surface area contributed by atoms with Crippen molar-refractivity contribution in [3.8, 4) is 22.6 Å². The van der Waals surface area contributed by atoms with Gasteiger partial charge in [-0.1, -0.05) is 61.0 Å². The predicted molar refractivity (Wildman–Crippen MR) is 135 cm³/mol. The number of ether oxygens (including phenoxy) is 1. The van der Waals surface area contributed by atoms with Crippen molar-refractivity contribution in [2.75, 3.05) is 6.61 Å². The molecule has 2 heterocycles. The molecule has 2 aromatic carbocycles. The molecule has 35 heavy (non-hydrogen) atoms. The fraction of sp³-hybridized carbons (Fsp3) is 0.259. The summed E-state index contributed by atoms with van der Waals surface area (Å²) in [5.74, 6) is 1.17. The zero-order valence-corrected chi connectivity index (χ0v) is 20.0. The van der Waals surface area contributed by atoms with Crippen molar-refractivity contribution in [3.63, 3.8) is 0 Å². The van der Waals surface area contributed by atoms with Gasteiger partial charge in [-0.2, -0.15) is 0 Å². The van der Waals surface area contributed by atoms with Crippen LogP contribution >= 0.6 is 11.8 Å². The largest absolute Gasteiger partial charge is 0.486 e. The number of hydrogen-bond donors (Lipinski definition) is 1. The van der Waals surface area contributed by atoms with E-state index in [0.717, 1.165) is 33.5 Å². The minimum absolute atomic E-state index is 0.282. The summed E-state index contributed by atoms with van der Waals surface area (Å²) < 4.78 is 8.11. The van der Waals surface area contributed by atoms with Crippen molar-refractivity contribution in [1.82, 2.24) is 19.7 Å². The van der Waals surface area contributed by atoms with Crippen LogP contribution in [0.5, 0.6) is 5.75 Å². The molecule has 1 N–H and O–H groups in total. The summed E-state index contributed by atoms with van der Waals surface area (Å²) in [7, 11) is 0. The first-order valence-electron chi connectivity index (χ1n) is 11.7. The summed E-state index contributed by atoms with van der Waals surface area (Å²) in [5, 5.41) is 19.4. The van der Waals surface area contributed by atoms with E-state index < -0.39 is 6.61 Å². The molecule has 1 aliphatic carbocycles. The van der Waals surface area contributed by atoms with E-state index in [2.05, 4.69) is 15.2 Å². The molecule has 0 atom stereocenters. The van der Waals surface area contributed by atoms with E-state index in [-0.39, 0.29) is 12.4 Å². The van der Waals surface area contributed by atoms with E-state index in [0.29, 0.717) is 10.8 Å². The highest BCUT2D eigenvalue weighted by molar-refractivity contribution is 7.99. The van der Waals surface area contributed by atoms with Crippen LogP contribution < -0.4 is 4.74 Å². The lowest BCUT2D eigenvalue weighted by Crippen LogP contribution is -2.08. The lowest BCUT2D eigenvalue weighted by molar-refractivity contribution is 0.0904. The smallest absolute Gasteiger partial charge is 0.196 e. The summed E-state index contributed by atoms with van der Waals surface area (Å²) in [6.07, 6.45) is 8.55. The maximum absolute atomic E-state index is 11.6. The zero-order chi connectivity index (χ0) is 24.0. The van der Waals surface area contributed by atoms with Gasteiger partial charge in [0.25, 0.3) is 0 Å². The Balaban J connectivity index is 1.30. The summed E-state index contributed by atoms with van der Waals surface area (Å²) in [5.41, 5.74) is 3.42. The number of nitrogens with zero attached hydrogens (tertiary/aromatic N) is 4. The van der Waals surface area contributed by atoms with Crippen molar-refractivity contribution >= 4 is 17.5 Å². The van der Waals surface area contributed by atoms with E-state index in [9.17, 15) is 4.79 Å². The lowest BCUT2D eigenvalue weighted by atomic mass is 10.0. The molecule has 0 radical (unpaired) electrons. The number of thioether (sulfide) groups is 1. The molecule has 2 aromatic heterocycles. The summed E-state index contributed by atoms with van der Waals surface area (Å²) in [4.78, 5) is 15.9. The van der Waals surface area contributed by atoms with Gasteiger partial charge in [0.2, 0.25) is 0 Å². The van der Waals surface area contributed by atoms with Gasteiger partial charge < -0.3 is 9.84 Å². The molecule has 1 saturated carbocycles. The first-order valence-corrected chi connectivity index (χ1v) is 12.6. The highest BCUT2D eigenvalue weighted by atomic mass is 32.2. The van der Waals surface area contributed by atoms with Gasteiger partial charge in [0.05, 0.1) is 11.9 Å². The number of ketones is 1. The molecule has 0 saturated heterocycles. The van der Waals surface area contributed by atoms with Crippen molar-refractivity contribution in [2.24, 2.45) is 0 Å². The van der Waals surface area contributed by atoms with Gasteiger partial charge in [-0.15, -0.1) is 10.2 Å². The molecular formula is C27H26N4O3S. The van der Waals surface area contributed by atoms with Gasteiger partial charge in [0, 0.05) is 17.0 Å². The van der Waals surface area contributed by atoms with Crippen molar-refractivity contribution in [2.45, 2.75) is 42.7 Å². The highest BCUT2D eigenvalue weighted by Gasteiger charge is 2.22. The van der Waals surface area contributed by atoms with E-state index >= 15 is 0 Å². The Kier molecular flexibility index (Phi) is 7.20. The Morgan fingerprint density at radius 3 is 2.37 bits per heavy atom. The fourth-order valence-corrected chi connectivity index (χ4v) is 5.47. The van der Waals surface area contributed by atoms with Crippen LogP contribution in [-0.4, -0.2) is 42.5 Å². The minimum atomic E-state index is -0.485. The first kappa shape index (κ1) is 23.3. The SMILES string of the molecule is O=C(CO)c1ccc(-c2ccc(OCc3nnc(SC4CCCC4)n3-c3cccnc3)cc2)cc1. The lowest BCUT2D eigenvalue weighted by Gasteiger charge is -2.13. The second-order valence-electron chi connectivity index (χ2n) is 8.44. The Morgan fingerprint density at radius 1 is 1.00 bits per heavy atom. The Morgan fingerprint density at radius 2 is 1.71 bits per heavy atom.